The fraction of sp³-hybridized carbons (Fsp3) is 0.500. The third-order valence-electron chi connectivity index (χ3n) is 4.38. The molecule has 8 heteroatoms. The molecule has 1 aliphatic rings. The van der Waals surface area contributed by atoms with Crippen molar-refractivity contribution >= 4 is 41.1 Å². The average Bonchev–Trinajstić information content (AvgIpc) is 2.58. The maximum absolute atomic E-state index is 11.9. The van der Waals surface area contributed by atoms with Gasteiger partial charge in [-0.15, -0.1) is 0 Å². The topological polar surface area (TPSA) is 84.5 Å². The summed E-state index contributed by atoms with van der Waals surface area (Å²) in [7, 11) is 0. The van der Waals surface area contributed by atoms with Crippen LogP contribution in [-0.2, 0) is 20.7 Å². The molecule has 0 unspecified atom stereocenters. The lowest BCUT2D eigenvalue weighted by atomic mass is 9.86. The third kappa shape index (κ3) is 6.50. The van der Waals surface area contributed by atoms with Crippen molar-refractivity contribution in [3.8, 4) is 0 Å². The zero-order valence-corrected chi connectivity index (χ0v) is 16.0. The van der Waals surface area contributed by atoms with Crippen LogP contribution >= 0.6 is 23.2 Å². The van der Waals surface area contributed by atoms with Gasteiger partial charge in [0.25, 0.3) is 5.91 Å². The molecule has 1 aromatic rings. The molecule has 2 atom stereocenters. The van der Waals surface area contributed by atoms with Crippen molar-refractivity contribution in [1.29, 1.82) is 0 Å². The zero-order chi connectivity index (χ0) is 19.1. The van der Waals surface area contributed by atoms with E-state index < -0.39 is 24.5 Å². The Morgan fingerprint density at radius 1 is 1.15 bits per heavy atom. The van der Waals surface area contributed by atoms with Gasteiger partial charge in [-0.1, -0.05) is 49.0 Å². The predicted molar refractivity (Wildman–Crippen MR) is 99.2 cm³/mol. The molecule has 3 amide bonds. The third-order valence-corrected chi connectivity index (χ3v) is 5.12. The summed E-state index contributed by atoms with van der Waals surface area (Å²) >= 11 is 11.7. The van der Waals surface area contributed by atoms with Gasteiger partial charge in [0.05, 0.1) is 16.5 Å². The average molecular weight is 401 g/mol. The number of carbonyl (C=O) groups is 3. The van der Waals surface area contributed by atoms with Crippen LogP contribution in [0, 0.1) is 5.92 Å². The van der Waals surface area contributed by atoms with E-state index in [0.29, 0.717) is 21.5 Å². The highest BCUT2D eigenvalue weighted by Crippen LogP contribution is 2.24. The lowest BCUT2D eigenvalue weighted by Crippen LogP contribution is -2.48. The van der Waals surface area contributed by atoms with Gasteiger partial charge in [-0.2, -0.15) is 0 Å². The summed E-state index contributed by atoms with van der Waals surface area (Å²) in [4.78, 5) is 35.4. The Balaban J connectivity index is 1.71. The molecule has 1 saturated carbocycles. The SMILES string of the molecule is C[C@H]1CCCC[C@H]1NC(=O)NC(=O)COC(=O)Cc1ccc(Cl)c(Cl)c1. The number of halogens is 2. The first-order chi connectivity index (χ1) is 12.3. The number of ether oxygens (including phenoxy) is 1. The molecule has 0 aromatic heterocycles. The van der Waals surface area contributed by atoms with Crippen LogP contribution in [0.15, 0.2) is 18.2 Å². The summed E-state index contributed by atoms with van der Waals surface area (Å²) in [6.45, 7) is 1.56. The number of imide groups is 1. The summed E-state index contributed by atoms with van der Waals surface area (Å²) in [5.74, 6) is -0.887. The van der Waals surface area contributed by atoms with Crippen LogP contribution in [0.1, 0.15) is 38.2 Å². The molecule has 0 saturated heterocycles. The second-order valence-corrected chi connectivity index (χ2v) is 7.29. The van der Waals surface area contributed by atoms with Gasteiger partial charge in [-0.25, -0.2) is 4.79 Å². The highest BCUT2D eigenvalue weighted by Gasteiger charge is 2.23. The fourth-order valence-corrected chi connectivity index (χ4v) is 3.23. The van der Waals surface area contributed by atoms with Gasteiger partial charge in [-0.3, -0.25) is 14.9 Å². The molecule has 6 nitrogen and oxygen atoms in total. The van der Waals surface area contributed by atoms with Gasteiger partial charge in [-0.05, 0) is 36.5 Å². The number of hydrogen-bond donors (Lipinski definition) is 2. The predicted octanol–water partition coefficient (Wildman–Crippen LogP) is 3.48. The van der Waals surface area contributed by atoms with Crippen molar-refractivity contribution in [1.82, 2.24) is 10.6 Å². The van der Waals surface area contributed by atoms with Crippen LogP contribution in [0.3, 0.4) is 0 Å². The molecule has 26 heavy (non-hydrogen) atoms. The highest BCUT2D eigenvalue weighted by molar-refractivity contribution is 6.42. The number of rotatable bonds is 5. The Morgan fingerprint density at radius 3 is 2.58 bits per heavy atom. The quantitative estimate of drug-likeness (QED) is 0.740. The number of hydrogen-bond acceptors (Lipinski definition) is 4. The number of amides is 3. The van der Waals surface area contributed by atoms with Crippen LogP contribution in [-0.4, -0.2) is 30.6 Å². The van der Waals surface area contributed by atoms with E-state index >= 15 is 0 Å². The van der Waals surface area contributed by atoms with Crippen molar-refractivity contribution in [2.24, 2.45) is 5.92 Å². The monoisotopic (exact) mass is 400 g/mol. The van der Waals surface area contributed by atoms with Crippen molar-refractivity contribution in [3.63, 3.8) is 0 Å². The Bertz CT molecular complexity index is 681. The second kappa shape index (κ2) is 9.78. The van der Waals surface area contributed by atoms with E-state index in [1.165, 1.54) is 0 Å². The molecule has 0 aliphatic heterocycles. The largest absolute Gasteiger partial charge is 0.455 e. The molecular formula is C18H22Cl2N2O4. The fourth-order valence-electron chi connectivity index (χ4n) is 2.91. The van der Waals surface area contributed by atoms with Crippen molar-refractivity contribution in [3.05, 3.63) is 33.8 Å². The number of urea groups is 1. The molecule has 1 aromatic carbocycles. The summed E-state index contributed by atoms with van der Waals surface area (Å²) in [5, 5.41) is 5.71. The van der Waals surface area contributed by atoms with Gasteiger partial charge < -0.3 is 10.1 Å². The molecule has 2 N–H and O–H groups in total. The Morgan fingerprint density at radius 2 is 1.88 bits per heavy atom. The molecule has 0 radical (unpaired) electrons. The zero-order valence-electron chi connectivity index (χ0n) is 14.5. The van der Waals surface area contributed by atoms with E-state index in [1.807, 2.05) is 0 Å². The standard InChI is InChI=1S/C18H22Cl2N2O4/c1-11-4-2-3-5-15(11)21-18(25)22-16(23)10-26-17(24)9-12-6-7-13(19)14(20)8-12/h6-8,11,15H,2-5,9-10H2,1H3,(H2,21,22,23,25)/t11-,15+/m0/s1. The summed E-state index contributed by atoms with van der Waals surface area (Å²) in [5.41, 5.74) is 0.619. The summed E-state index contributed by atoms with van der Waals surface area (Å²) < 4.78 is 4.88. The molecule has 0 bridgehead atoms. The minimum absolute atomic E-state index is 0.0457. The molecule has 142 valence electrons. The molecule has 2 rings (SSSR count). The van der Waals surface area contributed by atoms with Gasteiger partial charge in [0, 0.05) is 6.04 Å². The molecule has 1 fully saturated rings. The number of carbonyl (C=O) groups excluding carboxylic acids is 3. The van der Waals surface area contributed by atoms with Gasteiger partial charge in [0.2, 0.25) is 0 Å². The Kier molecular flexibility index (Phi) is 7.72. The summed E-state index contributed by atoms with van der Waals surface area (Å²) in [6, 6.07) is 4.29. The second-order valence-electron chi connectivity index (χ2n) is 6.48. The first kappa shape index (κ1) is 20.5. The maximum atomic E-state index is 11.9. The first-order valence-corrected chi connectivity index (χ1v) is 9.30. The van der Waals surface area contributed by atoms with Crippen LogP contribution in [0.2, 0.25) is 10.0 Å². The van der Waals surface area contributed by atoms with E-state index in [9.17, 15) is 14.4 Å². The Hall–Kier alpha value is -1.79. The van der Waals surface area contributed by atoms with Crippen LogP contribution in [0.25, 0.3) is 0 Å². The maximum Gasteiger partial charge on any atom is 0.321 e. The van der Waals surface area contributed by atoms with Crippen LogP contribution < -0.4 is 10.6 Å². The van der Waals surface area contributed by atoms with Crippen LogP contribution in [0.4, 0.5) is 4.79 Å². The first-order valence-electron chi connectivity index (χ1n) is 8.55. The molecule has 0 heterocycles. The van der Waals surface area contributed by atoms with Crippen LogP contribution in [0.5, 0.6) is 0 Å². The normalized spacial score (nSPS) is 19.5. The van der Waals surface area contributed by atoms with E-state index in [4.69, 9.17) is 27.9 Å². The lowest BCUT2D eigenvalue weighted by molar-refractivity contribution is -0.147. The van der Waals surface area contributed by atoms with E-state index in [1.54, 1.807) is 18.2 Å². The number of nitrogens with one attached hydrogen (secondary N) is 2. The van der Waals surface area contributed by atoms with Crippen molar-refractivity contribution in [2.75, 3.05) is 6.61 Å². The minimum atomic E-state index is -0.673. The lowest BCUT2D eigenvalue weighted by Gasteiger charge is -2.29. The number of benzene rings is 1. The summed E-state index contributed by atoms with van der Waals surface area (Å²) in [6.07, 6.45) is 4.15. The Labute approximate surface area is 162 Å². The molecule has 0 spiro atoms. The van der Waals surface area contributed by atoms with E-state index in [2.05, 4.69) is 17.6 Å². The van der Waals surface area contributed by atoms with E-state index in [-0.39, 0.29) is 12.5 Å². The van der Waals surface area contributed by atoms with Gasteiger partial charge in [0.15, 0.2) is 6.61 Å². The van der Waals surface area contributed by atoms with Gasteiger partial charge in [0.1, 0.15) is 0 Å². The number of esters is 1. The van der Waals surface area contributed by atoms with E-state index in [0.717, 1.165) is 25.7 Å². The van der Waals surface area contributed by atoms with Gasteiger partial charge >= 0.3 is 12.0 Å². The minimum Gasteiger partial charge on any atom is -0.455 e. The smallest absolute Gasteiger partial charge is 0.321 e. The molecule has 1 aliphatic carbocycles. The highest BCUT2D eigenvalue weighted by atomic mass is 35.5. The molecular weight excluding hydrogens is 379 g/mol. The van der Waals surface area contributed by atoms with Crippen molar-refractivity contribution < 1.29 is 19.1 Å². The van der Waals surface area contributed by atoms with Crippen molar-refractivity contribution in [2.45, 2.75) is 45.1 Å².